The molecule has 0 spiro atoms. The van der Waals surface area contributed by atoms with E-state index in [-0.39, 0.29) is 9.90 Å². The molecule has 2 N–H and O–H groups in total. The first kappa shape index (κ1) is 15.7. The quantitative estimate of drug-likeness (QED) is 0.312. The molecular formula is H5O4PSi2. The monoisotopic (exact) mass is 156 g/mol. The SMILES string of the molecule is O=[Si].O=[Si](O)O.P. The zero-order valence-corrected chi connectivity index (χ0v) is 6.83. The normalized spacial score (nSPS) is 4.00. The van der Waals surface area contributed by atoms with Gasteiger partial charge in [-0.15, -0.1) is 0 Å². The fourth-order valence-electron chi connectivity index (χ4n) is 0. The van der Waals surface area contributed by atoms with Gasteiger partial charge in [0, 0.05) is 0 Å². The smallest absolute Gasteiger partial charge is 0.511 e. The Morgan fingerprint density at radius 1 is 1.29 bits per heavy atom. The number of hydrogen-bond acceptors (Lipinski definition) is 2. The van der Waals surface area contributed by atoms with Crippen molar-refractivity contribution >= 4 is 29.2 Å². The van der Waals surface area contributed by atoms with Gasteiger partial charge in [0.15, 0.2) is 0 Å². The second kappa shape index (κ2) is 16.6. The van der Waals surface area contributed by atoms with Gasteiger partial charge in [0.25, 0.3) is 0 Å². The molecule has 0 aromatic rings. The molecule has 0 aromatic heterocycles. The summed E-state index contributed by atoms with van der Waals surface area (Å²) in [6, 6.07) is 0. The Bertz CT molecular complexity index is 41.0. The molecule has 2 radical (unpaired) electrons. The van der Waals surface area contributed by atoms with Crippen molar-refractivity contribution in [3.63, 3.8) is 0 Å². The van der Waals surface area contributed by atoms with E-state index in [1.54, 1.807) is 10.1 Å². The Hall–Kier alpha value is 0.0638. The second-order valence-electron chi connectivity index (χ2n) is 0.283. The summed E-state index contributed by atoms with van der Waals surface area (Å²) in [5.74, 6) is 0. The Labute approximate surface area is 48.6 Å². The van der Waals surface area contributed by atoms with E-state index >= 15 is 0 Å². The van der Waals surface area contributed by atoms with E-state index in [9.17, 15) is 0 Å². The van der Waals surface area contributed by atoms with Crippen LogP contribution in [0.2, 0.25) is 0 Å². The highest BCUT2D eigenvalue weighted by Crippen LogP contribution is 1.27. The van der Waals surface area contributed by atoms with Crippen LogP contribution >= 0.6 is 9.90 Å². The standard InChI is InChI=1S/H2O3Si.OSi.H3P/c1-4(2)3;1-2;/h1-2H;;1H3. The van der Waals surface area contributed by atoms with Crippen molar-refractivity contribution in [3.05, 3.63) is 0 Å². The van der Waals surface area contributed by atoms with E-state index in [0.29, 0.717) is 0 Å². The van der Waals surface area contributed by atoms with Gasteiger partial charge in [0.05, 0.1) is 0 Å². The van der Waals surface area contributed by atoms with Crippen LogP contribution < -0.4 is 0 Å². The maximum absolute atomic E-state index is 8.74. The Morgan fingerprint density at radius 3 is 1.29 bits per heavy atom. The lowest BCUT2D eigenvalue weighted by Gasteiger charge is -1.55. The molecule has 42 valence electrons. The van der Waals surface area contributed by atoms with E-state index < -0.39 is 9.17 Å². The molecule has 1 atom stereocenters. The molecule has 0 rings (SSSR count). The molecular weight excluding hydrogens is 151 g/mol. The van der Waals surface area contributed by atoms with Gasteiger partial charge in [0.2, 0.25) is 0 Å². The summed E-state index contributed by atoms with van der Waals surface area (Å²) in [6.07, 6.45) is 0. The molecule has 1 unspecified atom stereocenters. The van der Waals surface area contributed by atoms with Crippen molar-refractivity contribution in [2.45, 2.75) is 0 Å². The lowest BCUT2D eigenvalue weighted by atomic mass is 15.8. The van der Waals surface area contributed by atoms with Crippen LogP contribution in [-0.2, 0) is 8.92 Å². The topological polar surface area (TPSA) is 74.6 Å². The van der Waals surface area contributed by atoms with Gasteiger partial charge in [-0.1, -0.05) is 0 Å². The van der Waals surface area contributed by atoms with Crippen LogP contribution in [0.25, 0.3) is 0 Å². The molecule has 0 amide bonds. The predicted octanol–water partition coefficient (Wildman–Crippen LogP) is -2.06. The minimum atomic E-state index is -3.13. The summed E-state index contributed by atoms with van der Waals surface area (Å²) in [5, 5.41) is 0. The Kier molecular flexibility index (Phi) is 37.2. The molecule has 7 heavy (non-hydrogen) atoms. The first-order chi connectivity index (χ1) is 2.73. The van der Waals surface area contributed by atoms with Crippen molar-refractivity contribution in [2.75, 3.05) is 0 Å². The number of hydrogen-bond donors (Lipinski definition) is 2. The first-order valence-corrected chi connectivity index (χ1v) is 2.57. The minimum absolute atomic E-state index is 0. The number of rotatable bonds is 0. The zero-order valence-electron chi connectivity index (χ0n) is 3.42. The van der Waals surface area contributed by atoms with Gasteiger partial charge in [-0.2, -0.15) is 9.90 Å². The van der Waals surface area contributed by atoms with Gasteiger partial charge in [-0.05, 0) is 0 Å². The summed E-state index contributed by atoms with van der Waals surface area (Å²) in [4.78, 5) is 14.3. The lowest BCUT2D eigenvalue weighted by molar-refractivity contribution is 0.330. The predicted molar refractivity (Wildman–Crippen MR) is 28.4 cm³/mol. The molecule has 0 saturated carbocycles. The van der Waals surface area contributed by atoms with Crippen molar-refractivity contribution in [2.24, 2.45) is 0 Å². The van der Waals surface area contributed by atoms with Crippen molar-refractivity contribution in [3.8, 4) is 0 Å². The lowest BCUT2D eigenvalue weighted by Crippen LogP contribution is -1.90. The average Bonchev–Trinajstić information content (AvgIpc) is 1.41. The molecule has 0 aliphatic rings. The molecule has 0 bridgehead atoms. The minimum Gasteiger partial charge on any atom is -0.511 e. The zero-order chi connectivity index (χ0) is 5.58. The summed E-state index contributed by atoms with van der Waals surface area (Å²) >= 11 is 0. The Balaban J connectivity index is -0.0000000480. The van der Waals surface area contributed by atoms with Crippen LogP contribution in [0.1, 0.15) is 0 Å². The molecule has 0 heterocycles. The highest BCUT2D eigenvalue weighted by molar-refractivity contribution is 6.92. The van der Waals surface area contributed by atoms with Crippen LogP contribution in [0.15, 0.2) is 0 Å². The van der Waals surface area contributed by atoms with E-state index in [1.807, 2.05) is 0 Å². The molecule has 4 nitrogen and oxygen atoms in total. The first-order valence-electron chi connectivity index (χ1n) is 0.855. The third-order valence-electron chi connectivity index (χ3n) is 0. The van der Waals surface area contributed by atoms with Crippen LogP contribution in [0.5, 0.6) is 0 Å². The Morgan fingerprint density at radius 2 is 1.29 bits per heavy atom. The van der Waals surface area contributed by atoms with Gasteiger partial charge in [0.1, 0.15) is 0 Å². The highest BCUT2D eigenvalue weighted by Gasteiger charge is 1.85. The van der Waals surface area contributed by atoms with E-state index in [1.165, 1.54) is 0 Å². The van der Waals surface area contributed by atoms with Crippen LogP contribution in [0, 0.1) is 0 Å². The van der Waals surface area contributed by atoms with E-state index in [2.05, 4.69) is 0 Å². The van der Waals surface area contributed by atoms with E-state index in [4.69, 9.17) is 18.5 Å². The summed E-state index contributed by atoms with van der Waals surface area (Å²) in [7, 11) is -1.41. The second-order valence-corrected chi connectivity index (χ2v) is 0.848. The van der Waals surface area contributed by atoms with Gasteiger partial charge < -0.3 is 14.1 Å². The van der Waals surface area contributed by atoms with Crippen molar-refractivity contribution in [1.29, 1.82) is 0 Å². The van der Waals surface area contributed by atoms with Gasteiger partial charge >= 0.3 is 19.3 Å². The molecule has 0 saturated heterocycles. The van der Waals surface area contributed by atoms with Crippen molar-refractivity contribution < 1.29 is 18.5 Å². The molecule has 0 fully saturated rings. The molecule has 0 aliphatic carbocycles. The largest absolute Gasteiger partial charge is 0.761 e. The van der Waals surface area contributed by atoms with Gasteiger partial charge in [-0.3, -0.25) is 4.46 Å². The third-order valence-corrected chi connectivity index (χ3v) is 0. The maximum atomic E-state index is 8.74. The fraction of sp³-hybridized carbons (Fsp3) is 0. The van der Waals surface area contributed by atoms with Crippen LogP contribution in [0.3, 0.4) is 0 Å². The van der Waals surface area contributed by atoms with Crippen LogP contribution in [0.4, 0.5) is 0 Å². The third kappa shape index (κ3) is 24600. The molecule has 0 aliphatic heterocycles. The summed E-state index contributed by atoms with van der Waals surface area (Å²) < 4.78 is 16.8. The molecule has 0 aromatic carbocycles. The average molecular weight is 156 g/mol. The maximum Gasteiger partial charge on any atom is 0.761 e. The summed E-state index contributed by atoms with van der Waals surface area (Å²) in [5.41, 5.74) is 0. The van der Waals surface area contributed by atoms with Gasteiger partial charge in [-0.25, -0.2) is 0 Å². The van der Waals surface area contributed by atoms with Crippen molar-refractivity contribution in [1.82, 2.24) is 0 Å². The molecule has 7 heteroatoms. The van der Waals surface area contributed by atoms with Crippen LogP contribution in [-0.4, -0.2) is 28.9 Å². The highest BCUT2D eigenvalue weighted by atomic mass is 31.0. The summed E-state index contributed by atoms with van der Waals surface area (Å²) in [6.45, 7) is 0. The fourth-order valence-corrected chi connectivity index (χ4v) is 0. The van der Waals surface area contributed by atoms with E-state index in [0.717, 1.165) is 0 Å².